The van der Waals surface area contributed by atoms with Gasteiger partial charge in [0.2, 0.25) is 0 Å². The van der Waals surface area contributed by atoms with E-state index in [0.29, 0.717) is 13.0 Å². The van der Waals surface area contributed by atoms with Crippen molar-refractivity contribution in [2.45, 2.75) is 39.8 Å². The fourth-order valence-electron chi connectivity index (χ4n) is 1.84. The largest absolute Gasteiger partial charge is 0.480 e. The highest BCUT2D eigenvalue weighted by Crippen LogP contribution is 2.29. The lowest BCUT2D eigenvalue weighted by atomic mass is 10.1. The van der Waals surface area contributed by atoms with Crippen LogP contribution in [0.5, 0.6) is 5.75 Å². The predicted octanol–water partition coefficient (Wildman–Crippen LogP) is 2.51. The number of primary amides is 1. The summed E-state index contributed by atoms with van der Waals surface area (Å²) in [7, 11) is 0. The second kappa shape index (κ2) is 7.50. The summed E-state index contributed by atoms with van der Waals surface area (Å²) in [5.74, 6) is 0.314. The molecule has 3 N–H and O–H groups in total. The van der Waals surface area contributed by atoms with Crippen molar-refractivity contribution < 1.29 is 9.53 Å². The third kappa shape index (κ3) is 4.51. The first-order valence-electron chi connectivity index (χ1n) is 6.45. The SMILES string of the molecule is CCNCc1cc(Br)cc(C)c1OC(CC)C(N)=O. The Morgan fingerprint density at radius 3 is 2.68 bits per heavy atom. The first kappa shape index (κ1) is 16.0. The molecule has 0 saturated carbocycles. The van der Waals surface area contributed by atoms with Crippen LogP contribution >= 0.6 is 15.9 Å². The molecule has 106 valence electrons. The average molecular weight is 329 g/mol. The van der Waals surface area contributed by atoms with E-state index in [4.69, 9.17) is 10.5 Å². The fourth-order valence-corrected chi connectivity index (χ4v) is 2.46. The number of carbonyl (C=O) groups is 1. The second-order valence-electron chi connectivity index (χ2n) is 4.41. The van der Waals surface area contributed by atoms with Gasteiger partial charge < -0.3 is 15.8 Å². The molecule has 0 radical (unpaired) electrons. The Morgan fingerprint density at radius 2 is 2.16 bits per heavy atom. The minimum atomic E-state index is -0.583. The summed E-state index contributed by atoms with van der Waals surface area (Å²) in [6.45, 7) is 7.46. The zero-order valence-corrected chi connectivity index (χ0v) is 13.2. The number of rotatable bonds is 7. The number of hydrogen-bond donors (Lipinski definition) is 2. The van der Waals surface area contributed by atoms with E-state index in [-0.39, 0.29) is 0 Å². The molecule has 0 bridgehead atoms. The monoisotopic (exact) mass is 328 g/mol. The number of nitrogens with one attached hydrogen (secondary N) is 1. The van der Waals surface area contributed by atoms with Crippen molar-refractivity contribution in [1.29, 1.82) is 0 Å². The standard InChI is InChI=1S/C14H21BrN2O2/c1-4-12(14(16)18)19-13-9(3)6-11(15)7-10(13)8-17-5-2/h6-7,12,17H,4-5,8H2,1-3H3,(H2,16,18). The van der Waals surface area contributed by atoms with Gasteiger partial charge in [0.15, 0.2) is 6.10 Å². The van der Waals surface area contributed by atoms with E-state index in [1.54, 1.807) is 0 Å². The molecule has 4 nitrogen and oxygen atoms in total. The Balaban J connectivity index is 3.05. The topological polar surface area (TPSA) is 64.3 Å². The third-order valence-corrected chi connectivity index (χ3v) is 3.29. The summed E-state index contributed by atoms with van der Waals surface area (Å²) in [6, 6.07) is 3.97. The number of benzene rings is 1. The molecular formula is C14H21BrN2O2. The average Bonchev–Trinajstić information content (AvgIpc) is 2.34. The van der Waals surface area contributed by atoms with E-state index in [1.807, 2.05) is 32.9 Å². The molecule has 0 heterocycles. The molecule has 1 aromatic carbocycles. The van der Waals surface area contributed by atoms with Crippen molar-refractivity contribution in [3.8, 4) is 5.75 Å². The molecule has 1 rings (SSSR count). The van der Waals surface area contributed by atoms with Gasteiger partial charge in [-0.25, -0.2) is 0 Å². The van der Waals surface area contributed by atoms with Crippen LogP contribution in [0.25, 0.3) is 0 Å². The van der Waals surface area contributed by atoms with Crippen LogP contribution in [-0.4, -0.2) is 18.6 Å². The molecule has 0 spiro atoms. The first-order chi connectivity index (χ1) is 8.99. The molecule has 0 aromatic heterocycles. The molecular weight excluding hydrogens is 308 g/mol. The molecule has 1 amide bonds. The lowest BCUT2D eigenvalue weighted by Gasteiger charge is -2.19. The van der Waals surface area contributed by atoms with Crippen molar-refractivity contribution in [3.63, 3.8) is 0 Å². The molecule has 0 saturated heterocycles. The Bertz CT molecular complexity index is 449. The highest BCUT2D eigenvalue weighted by molar-refractivity contribution is 9.10. The molecule has 0 fully saturated rings. The van der Waals surface area contributed by atoms with Crippen LogP contribution in [0.3, 0.4) is 0 Å². The van der Waals surface area contributed by atoms with Crippen LogP contribution in [0.15, 0.2) is 16.6 Å². The Labute approximate surface area is 122 Å². The van der Waals surface area contributed by atoms with Gasteiger partial charge in [-0.2, -0.15) is 0 Å². The minimum absolute atomic E-state index is 0.431. The highest BCUT2D eigenvalue weighted by atomic mass is 79.9. The fraction of sp³-hybridized carbons (Fsp3) is 0.500. The van der Waals surface area contributed by atoms with Gasteiger partial charge in [0.05, 0.1) is 0 Å². The van der Waals surface area contributed by atoms with Crippen molar-refractivity contribution >= 4 is 21.8 Å². The normalized spacial score (nSPS) is 12.2. The van der Waals surface area contributed by atoms with E-state index in [0.717, 1.165) is 27.9 Å². The summed E-state index contributed by atoms with van der Waals surface area (Å²) in [4.78, 5) is 11.3. The van der Waals surface area contributed by atoms with Gasteiger partial charge in [0.25, 0.3) is 5.91 Å². The highest BCUT2D eigenvalue weighted by Gasteiger charge is 2.18. The maximum absolute atomic E-state index is 11.3. The molecule has 0 aliphatic carbocycles. The van der Waals surface area contributed by atoms with Crippen molar-refractivity contribution in [1.82, 2.24) is 5.32 Å². The van der Waals surface area contributed by atoms with Gasteiger partial charge in [-0.3, -0.25) is 4.79 Å². The van der Waals surface area contributed by atoms with Gasteiger partial charge in [-0.15, -0.1) is 0 Å². The van der Waals surface area contributed by atoms with Crippen LogP contribution in [0.4, 0.5) is 0 Å². The van der Waals surface area contributed by atoms with Crippen LogP contribution < -0.4 is 15.8 Å². The number of halogens is 1. The van der Waals surface area contributed by atoms with E-state index < -0.39 is 12.0 Å². The number of aryl methyl sites for hydroxylation is 1. The summed E-state index contributed by atoms with van der Waals surface area (Å²) in [5.41, 5.74) is 7.35. The Kier molecular flexibility index (Phi) is 6.31. The van der Waals surface area contributed by atoms with E-state index in [9.17, 15) is 4.79 Å². The molecule has 1 aromatic rings. The predicted molar refractivity (Wildman–Crippen MR) is 80.2 cm³/mol. The third-order valence-electron chi connectivity index (χ3n) is 2.83. The summed E-state index contributed by atoms with van der Waals surface area (Å²) in [6.07, 6.45) is -0.0221. The van der Waals surface area contributed by atoms with Gasteiger partial charge in [0.1, 0.15) is 5.75 Å². The quantitative estimate of drug-likeness (QED) is 0.808. The zero-order chi connectivity index (χ0) is 14.4. The number of carbonyl (C=O) groups excluding carboxylic acids is 1. The summed E-state index contributed by atoms with van der Waals surface area (Å²) in [5, 5.41) is 3.26. The number of hydrogen-bond acceptors (Lipinski definition) is 3. The van der Waals surface area contributed by atoms with E-state index >= 15 is 0 Å². The number of ether oxygens (including phenoxy) is 1. The van der Waals surface area contributed by atoms with E-state index in [2.05, 4.69) is 21.2 Å². The van der Waals surface area contributed by atoms with Gasteiger partial charge in [-0.05, 0) is 37.6 Å². The maximum atomic E-state index is 11.3. The minimum Gasteiger partial charge on any atom is -0.480 e. The first-order valence-corrected chi connectivity index (χ1v) is 7.24. The number of nitrogens with two attached hydrogens (primary N) is 1. The molecule has 5 heteroatoms. The molecule has 1 unspecified atom stereocenters. The van der Waals surface area contributed by atoms with Crippen LogP contribution in [0.1, 0.15) is 31.4 Å². The molecule has 0 aliphatic heterocycles. The summed E-state index contributed by atoms with van der Waals surface area (Å²) >= 11 is 3.48. The van der Waals surface area contributed by atoms with Crippen molar-refractivity contribution in [2.24, 2.45) is 5.73 Å². The Hall–Kier alpha value is -1.07. The lowest BCUT2D eigenvalue weighted by Crippen LogP contribution is -2.33. The zero-order valence-electron chi connectivity index (χ0n) is 11.6. The van der Waals surface area contributed by atoms with Crippen LogP contribution in [0, 0.1) is 6.92 Å². The Morgan fingerprint density at radius 1 is 1.47 bits per heavy atom. The van der Waals surface area contributed by atoms with Gasteiger partial charge in [0, 0.05) is 16.6 Å². The maximum Gasteiger partial charge on any atom is 0.258 e. The second-order valence-corrected chi connectivity index (χ2v) is 5.32. The van der Waals surface area contributed by atoms with Gasteiger partial charge in [-0.1, -0.05) is 29.8 Å². The molecule has 1 atom stereocenters. The van der Waals surface area contributed by atoms with Crippen molar-refractivity contribution in [2.75, 3.05) is 6.54 Å². The van der Waals surface area contributed by atoms with Crippen LogP contribution in [0.2, 0.25) is 0 Å². The van der Waals surface area contributed by atoms with Crippen LogP contribution in [-0.2, 0) is 11.3 Å². The van der Waals surface area contributed by atoms with Crippen molar-refractivity contribution in [3.05, 3.63) is 27.7 Å². The van der Waals surface area contributed by atoms with E-state index in [1.165, 1.54) is 0 Å². The smallest absolute Gasteiger partial charge is 0.258 e. The molecule has 0 aliphatic rings. The number of amides is 1. The molecule has 19 heavy (non-hydrogen) atoms. The summed E-state index contributed by atoms with van der Waals surface area (Å²) < 4.78 is 6.80. The lowest BCUT2D eigenvalue weighted by molar-refractivity contribution is -0.124. The van der Waals surface area contributed by atoms with Gasteiger partial charge >= 0.3 is 0 Å².